The van der Waals surface area contributed by atoms with E-state index >= 15 is 0 Å². The third-order valence-electron chi connectivity index (χ3n) is 4.50. The van der Waals surface area contributed by atoms with Crippen molar-refractivity contribution in [2.75, 3.05) is 6.61 Å². The average Bonchev–Trinajstić information content (AvgIpc) is 3.33. The predicted octanol–water partition coefficient (Wildman–Crippen LogP) is 2.57. The lowest BCUT2D eigenvalue weighted by Gasteiger charge is -2.03. The van der Waals surface area contributed by atoms with Gasteiger partial charge in [0.05, 0.1) is 13.0 Å². The fraction of sp³-hybridized carbons (Fsp3) is 0.389. The third kappa shape index (κ3) is 3.28. The smallest absolute Gasteiger partial charge is 0.255 e. The van der Waals surface area contributed by atoms with Crippen molar-refractivity contribution >= 4 is 16.8 Å². The SMILES string of the molecule is Cc1[nH]c2ccccc2c1CC(=O)NCc1noc([C@H]2CCCO2)n1. The van der Waals surface area contributed by atoms with Gasteiger partial charge >= 0.3 is 0 Å². The van der Waals surface area contributed by atoms with E-state index in [1.165, 1.54) is 0 Å². The summed E-state index contributed by atoms with van der Waals surface area (Å²) in [5.41, 5.74) is 3.07. The number of nitrogens with one attached hydrogen (secondary N) is 2. The Balaban J connectivity index is 1.38. The van der Waals surface area contributed by atoms with Crippen LogP contribution >= 0.6 is 0 Å². The second kappa shape index (κ2) is 6.68. The minimum atomic E-state index is -0.106. The molecule has 1 aliphatic rings. The van der Waals surface area contributed by atoms with Gasteiger partial charge in [0, 0.05) is 23.2 Å². The third-order valence-corrected chi connectivity index (χ3v) is 4.50. The Hall–Kier alpha value is -2.67. The van der Waals surface area contributed by atoms with E-state index in [2.05, 4.69) is 20.4 Å². The van der Waals surface area contributed by atoms with Crippen molar-refractivity contribution in [1.29, 1.82) is 0 Å². The molecule has 0 unspecified atom stereocenters. The van der Waals surface area contributed by atoms with Crippen molar-refractivity contribution in [3.8, 4) is 0 Å². The van der Waals surface area contributed by atoms with Crippen LogP contribution in [-0.2, 0) is 22.5 Å². The second-order valence-corrected chi connectivity index (χ2v) is 6.28. The fourth-order valence-electron chi connectivity index (χ4n) is 3.21. The van der Waals surface area contributed by atoms with Gasteiger partial charge in [0.25, 0.3) is 5.89 Å². The number of hydrogen-bond acceptors (Lipinski definition) is 5. The number of nitrogens with zero attached hydrogens (tertiary/aromatic N) is 2. The Morgan fingerprint density at radius 2 is 2.28 bits per heavy atom. The van der Waals surface area contributed by atoms with Gasteiger partial charge in [0.1, 0.15) is 6.10 Å². The van der Waals surface area contributed by atoms with Crippen molar-refractivity contribution in [3.05, 3.63) is 47.2 Å². The molecule has 1 fully saturated rings. The molecule has 1 amide bonds. The number of benzene rings is 1. The van der Waals surface area contributed by atoms with Crippen LogP contribution in [0.4, 0.5) is 0 Å². The molecule has 130 valence electrons. The lowest BCUT2D eigenvalue weighted by Crippen LogP contribution is -2.25. The van der Waals surface area contributed by atoms with E-state index < -0.39 is 0 Å². The number of ether oxygens (including phenoxy) is 1. The lowest BCUT2D eigenvalue weighted by atomic mass is 10.1. The summed E-state index contributed by atoms with van der Waals surface area (Å²) < 4.78 is 10.7. The van der Waals surface area contributed by atoms with Gasteiger partial charge in [0.2, 0.25) is 5.91 Å². The molecule has 7 nitrogen and oxygen atoms in total. The van der Waals surface area contributed by atoms with E-state index in [1.54, 1.807) is 0 Å². The number of amides is 1. The Kier molecular flexibility index (Phi) is 4.23. The van der Waals surface area contributed by atoms with Crippen molar-refractivity contribution in [2.45, 2.75) is 38.8 Å². The topological polar surface area (TPSA) is 93.0 Å². The first-order valence-electron chi connectivity index (χ1n) is 8.47. The van der Waals surface area contributed by atoms with E-state index in [-0.39, 0.29) is 18.6 Å². The van der Waals surface area contributed by atoms with Crippen LogP contribution in [0.3, 0.4) is 0 Å². The first-order valence-corrected chi connectivity index (χ1v) is 8.47. The molecule has 0 radical (unpaired) electrons. The number of aromatic amines is 1. The molecule has 0 spiro atoms. The fourth-order valence-corrected chi connectivity index (χ4v) is 3.21. The molecule has 0 saturated carbocycles. The van der Waals surface area contributed by atoms with Crippen LogP contribution in [0.1, 0.15) is 41.9 Å². The number of aryl methyl sites for hydroxylation is 1. The molecule has 2 N–H and O–H groups in total. The van der Waals surface area contributed by atoms with Crippen molar-refractivity contribution in [2.24, 2.45) is 0 Å². The minimum absolute atomic E-state index is 0.0729. The standard InChI is InChI=1S/C18H20N4O3/c1-11-13(12-5-2-3-6-14(12)20-11)9-17(23)19-10-16-21-18(25-22-16)15-7-4-8-24-15/h2-3,5-6,15,20H,4,7-10H2,1H3,(H,19,23)/t15-/m1/s1. The highest BCUT2D eigenvalue weighted by atomic mass is 16.5. The zero-order valence-electron chi connectivity index (χ0n) is 14.0. The first-order chi connectivity index (χ1) is 12.2. The highest BCUT2D eigenvalue weighted by molar-refractivity contribution is 5.90. The van der Waals surface area contributed by atoms with Crippen LogP contribution in [0.2, 0.25) is 0 Å². The molecule has 1 aliphatic heterocycles. The van der Waals surface area contributed by atoms with E-state index in [1.807, 2.05) is 31.2 Å². The number of fused-ring (bicyclic) bond motifs is 1. The molecule has 1 saturated heterocycles. The Bertz CT molecular complexity index is 893. The number of H-pyrrole nitrogens is 1. The molecule has 7 heteroatoms. The summed E-state index contributed by atoms with van der Waals surface area (Å²) in [6.07, 6.45) is 2.11. The second-order valence-electron chi connectivity index (χ2n) is 6.28. The van der Waals surface area contributed by atoms with Crippen LogP contribution in [0.25, 0.3) is 10.9 Å². The number of para-hydroxylation sites is 1. The average molecular weight is 340 g/mol. The summed E-state index contributed by atoms with van der Waals surface area (Å²) in [7, 11) is 0. The van der Waals surface area contributed by atoms with Crippen LogP contribution in [-0.4, -0.2) is 27.6 Å². The molecule has 3 aromatic rings. The highest BCUT2D eigenvalue weighted by Crippen LogP contribution is 2.27. The van der Waals surface area contributed by atoms with E-state index in [9.17, 15) is 4.79 Å². The predicted molar refractivity (Wildman–Crippen MR) is 90.8 cm³/mol. The van der Waals surface area contributed by atoms with Crippen LogP contribution < -0.4 is 5.32 Å². The molecule has 1 atom stereocenters. The quantitative estimate of drug-likeness (QED) is 0.744. The molecule has 3 heterocycles. The normalized spacial score (nSPS) is 17.2. The number of carbonyl (C=O) groups excluding carboxylic acids is 1. The van der Waals surface area contributed by atoms with Crippen LogP contribution in [0, 0.1) is 6.92 Å². The van der Waals surface area contributed by atoms with E-state index in [4.69, 9.17) is 9.26 Å². The zero-order valence-corrected chi connectivity index (χ0v) is 14.0. The Labute approximate surface area is 144 Å². The minimum Gasteiger partial charge on any atom is -0.368 e. The maximum Gasteiger partial charge on any atom is 0.255 e. The largest absolute Gasteiger partial charge is 0.368 e. The van der Waals surface area contributed by atoms with E-state index in [0.29, 0.717) is 18.1 Å². The number of carbonyl (C=O) groups is 1. The Morgan fingerprint density at radius 3 is 3.12 bits per heavy atom. The first kappa shape index (κ1) is 15.8. The van der Waals surface area contributed by atoms with Crippen molar-refractivity contribution in [1.82, 2.24) is 20.4 Å². The molecule has 4 rings (SSSR count). The summed E-state index contributed by atoms with van der Waals surface area (Å²) in [5.74, 6) is 0.889. The summed E-state index contributed by atoms with van der Waals surface area (Å²) >= 11 is 0. The van der Waals surface area contributed by atoms with Gasteiger partial charge in [-0.1, -0.05) is 23.4 Å². The summed E-state index contributed by atoms with van der Waals surface area (Å²) in [6, 6.07) is 7.98. The zero-order chi connectivity index (χ0) is 17.2. The molecule has 0 aliphatic carbocycles. The number of hydrogen-bond donors (Lipinski definition) is 2. The van der Waals surface area contributed by atoms with Gasteiger partial charge in [-0.2, -0.15) is 4.98 Å². The summed E-state index contributed by atoms with van der Waals surface area (Å²) in [4.78, 5) is 19.9. The summed E-state index contributed by atoms with van der Waals surface area (Å²) in [6.45, 7) is 2.95. The van der Waals surface area contributed by atoms with Gasteiger partial charge in [0.15, 0.2) is 5.82 Å². The van der Waals surface area contributed by atoms with Gasteiger partial charge < -0.3 is 19.6 Å². The van der Waals surface area contributed by atoms with Gasteiger partial charge in [-0.25, -0.2) is 0 Å². The van der Waals surface area contributed by atoms with Crippen molar-refractivity contribution < 1.29 is 14.1 Å². The Morgan fingerprint density at radius 1 is 1.40 bits per heavy atom. The van der Waals surface area contributed by atoms with Crippen LogP contribution in [0.15, 0.2) is 28.8 Å². The molecule has 0 bridgehead atoms. The van der Waals surface area contributed by atoms with Gasteiger partial charge in [-0.05, 0) is 31.4 Å². The number of rotatable bonds is 5. The molecular formula is C18H20N4O3. The monoisotopic (exact) mass is 340 g/mol. The van der Waals surface area contributed by atoms with Crippen molar-refractivity contribution in [3.63, 3.8) is 0 Å². The van der Waals surface area contributed by atoms with Gasteiger partial charge in [-0.3, -0.25) is 4.79 Å². The molecular weight excluding hydrogens is 320 g/mol. The number of aromatic nitrogens is 3. The maximum atomic E-state index is 12.3. The van der Waals surface area contributed by atoms with E-state index in [0.717, 1.165) is 41.6 Å². The van der Waals surface area contributed by atoms with Gasteiger partial charge in [-0.15, -0.1) is 0 Å². The molecule has 2 aromatic heterocycles. The molecule has 25 heavy (non-hydrogen) atoms. The maximum absolute atomic E-state index is 12.3. The lowest BCUT2D eigenvalue weighted by molar-refractivity contribution is -0.120. The van der Waals surface area contributed by atoms with Crippen LogP contribution in [0.5, 0.6) is 0 Å². The summed E-state index contributed by atoms with van der Waals surface area (Å²) in [5, 5.41) is 7.84. The highest BCUT2D eigenvalue weighted by Gasteiger charge is 2.24. The molecule has 1 aromatic carbocycles.